The van der Waals surface area contributed by atoms with Gasteiger partial charge in [-0.15, -0.1) is 0 Å². The van der Waals surface area contributed by atoms with Crippen LogP contribution in [-0.4, -0.2) is 22.9 Å². The average molecular weight is 480 g/mol. The smallest absolute Gasteiger partial charge is 0.310 e. The Labute approximate surface area is 212 Å². The van der Waals surface area contributed by atoms with E-state index in [1.807, 2.05) is 0 Å². The summed E-state index contributed by atoms with van der Waals surface area (Å²) in [7, 11) is 0. The number of aliphatic carboxylic acids is 1. The molecular formula is C31H45NO3. The van der Waals surface area contributed by atoms with E-state index >= 15 is 0 Å². The van der Waals surface area contributed by atoms with Gasteiger partial charge < -0.3 is 9.95 Å². The van der Waals surface area contributed by atoms with Gasteiger partial charge in [-0.2, -0.15) is 0 Å². The number of Topliss-reactive ketones (excluding diaryl/α,β-unsaturated/α-hetero) is 1. The number of carbonyl (C=O) groups is 2. The SMILES string of the molecule is [C-]#[N+]C1C[C@@]2(C)C(CC[C@]3(C)C2CC=C2C4CC(C)(C)CC[C@]4(C(=O)O)CC[C@]23C)C(C)(C)C1=O. The molecule has 8 atom stereocenters. The fraction of sp³-hybridized carbons (Fsp3) is 0.839. The van der Waals surface area contributed by atoms with Crippen molar-refractivity contribution in [1.82, 2.24) is 0 Å². The summed E-state index contributed by atoms with van der Waals surface area (Å²) in [5.74, 6) is 0.383. The van der Waals surface area contributed by atoms with Gasteiger partial charge in [0.1, 0.15) is 0 Å². The van der Waals surface area contributed by atoms with Crippen molar-refractivity contribution in [3.8, 4) is 0 Å². The van der Waals surface area contributed by atoms with Crippen molar-refractivity contribution in [3.63, 3.8) is 0 Å². The minimum atomic E-state index is -0.612. The molecule has 0 aromatic carbocycles. The van der Waals surface area contributed by atoms with E-state index in [2.05, 4.69) is 59.4 Å². The molecule has 5 rings (SSSR count). The average Bonchev–Trinajstić information content (AvgIpc) is 2.76. The van der Waals surface area contributed by atoms with Crippen LogP contribution in [0.25, 0.3) is 4.85 Å². The van der Waals surface area contributed by atoms with Crippen molar-refractivity contribution < 1.29 is 14.7 Å². The number of fused-ring (bicyclic) bond motifs is 7. The van der Waals surface area contributed by atoms with E-state index in [4.69, 9.17) is 6.57 Å². The van der Waals surface area contributed by atoms with Crippen LogP contribution in [0.15, 0.2) is 11.6 Å². The van der Waals surface area contributed by atoms with Gasteiger partial charge in [0.05, 0.1) is 5.41 Å². The Bertz CT molecular complexity index is 1050. The molecule has 4 fully saturated rings. The molecule has 4 nitrogen and oxygen atoms in total. The van der Waals surface area contributed by atoms with Crippen molar-refractivity contribution >= 4 is 11.8 Å². The van der Waals surface area contributed by atoms with Gasteiger partial charge in [0.15, 0.2) is 0 Å². The molecule has 0 aliphatic heterocycles. The van der Waals surface area contributed by atoms with Crippen LogP contribution in [0.2, 0.25) is 0 Å². The van der Waals surface area contributed by atoms with Crippen LogP contribution in [-0.2, 0) is 9.59 Å². The third-order valence-electron chi connectivity index (χ3n) is 12.9. The predicted octanol–water partition coefficient (Wildman–Crippen LogP) is 7.34. The summed E-state index contributed by atoms with van der Waals surface area (Å²) in [4.78, 5) is 29.9. The maximum absolute atomic E-state index is 13.2. The van der Waals surface area contributed by atoms with Crippen LogP contribution in [0.5, 0.6) is 0 Å². The first-order valence-corrected chi connectivity index (χ1v) is 13.9. The Balaban J connectivity index is 1.62. The molecule has 0 saturated heterocycles. The molecule has 4 unspecified atom stereocenters. The van der Waals surface area contributed by atoms with Crippen LogP contribution in [0.1, 0.15) is 106 Å². The summed E-state index contributed by atoms with van der Waals surface area (Å²) in [6, 6.07) is -0.531. The largest absolute Gasteiger partial charge is 0.481 e. The highest BCUT2D eigenvalue weighted by molar-refractivity contribution is 5.92. The van der Waals surface area contributed by atoms with E-state index in [0.717, 1.165) is 51.4 Å². The van der Waals surface area contributed by atoms with Crippen molar-refractivity contribution in [2.45, 2.75) is 112 Å². The Morgan fingerprint density at radius 2 is 1.63 bits per heavy atom. The molecule has 0 spiro atoms. The first-order chi connectivity index (χ1) is 16.1. The summed E-state index contributed by atoms with van der Waals surface area (Å²) in [5, 5.41) is 10.5. The van der Waals surface area contributed by atoms with Gasteiger partial charge in [0.25, 0.3) is 6.04 Å². The molecule has 4 saturated carbocycles. The molecule has 0 amide bonds. The lowest BCUT2D eigenvalue weighted by atomic mass is 9.33. The first kappa shape index (κ1) is 25.0. The summed E-state index contributed by atoms with van der Waals surface area (Å²) in [6.45, 7) is 24.0. The summed E-state index contributed by atoms with van der Waals surface area (Å²) in [6.07, 6.45) is 10.7. The topological polar surface area (TPSA) is 58.7 Å². The second kappa shape index (κ2) is 7.23. The second-order valence-electron chi connectivity index (χ2n) is 15.1. The highest BCUT2D eigenvalue weighted by Gasteiger charge is 2.71. The number of rotatable bonds is 1. The maximum atomic E-state index is 13.2. The normalized spacial score (nSPS) is 49.9. The zero-order valence-corrected chi connectivity index (χ0v) is 23.0. The van der Waals surface area contributed by atoms with Gasteiger partial charge in [-0.1, -0.05) is 60.1 Å². The summed E-state index contributed by atoms with van der Waals surface area (Å²) >= 11 is 0. The number of hydrogen-bond acceptors (Lipinski definition) is 2. The molecule has 0 aromatic heterocycles. The van der Waals surface area contributed by atoms with Crippen molar-refractivity contribution in [2.75, 3.05) is 0 Å². The minimum Gasteiger partial charge on any atom is -0.481 e. The Kier molecular flexibility index (Phi) is 5.17. The zero-order valence-electron chi connectivity index (χ0n) is 23.0. The number of hydrogen-bond donors (Lipinski definition) is 1. The van der Waals surface area contributed by atoms with Crippen LogP contribution >= 0.6 is 0 Å². The van der Waals surface area contributed by atoms with Crippen LogP contribution in [0.4, 0.5) is 0 Å². The lowest BCUT2D eigenvalue weighted by Crippen LogP contribution is -2.66. The fourth-order valence-electron chi connectivity index (χ4n) is 10.7. The molecule has 192 valence electrons. The number of ketones is 1. The van der Waals surface area contributed by atoms with Crippen molar-refractivity contribution in [2.24, 2.45) is 50.2 Å². The fourth-order valence-corrected chi connectivity index (χ4v) is 10.7. The standard InChI is InChI=1S/C31H45NO3/c1-26(2)13-15-31(25(34)35)16-14-29(6)19(20(31)17-26)9-10-23-28(5)18-21(32-8)24(33)27(3,4)22(28)11-12-30(23,29)7/h9,20-23H,10-18H2,1-7H3,(H,34,35)/t20?,21?,22?,23?,28-,29+,30+,31-/m0/s1. The van der Waals surface area contributed by atoms with E-state index in [1.54, 1.807) is 0 Å². The molecule has 0 radical (unpaired) electrons. The maximum Gasteiger partial charge on any atom is 0.310 e. The van der Waals surface area contributed by atoms with E-state index in [1.165, 1.54) is 5.57 Å². The number of carbonyl (C=O) groups excluding carboxylic acids is 1. The molecule has 4 heteroatoms. The third-order valence-corrected chi connectivity index (χ3v) is 12.9. The molecule has 5 aliphatic carbocycles. The van der Waals surface area contributed by atoms with Gasteiger partial charge >= 0.3 is 5.97 Å². The first-order valence-electron chi connectivity index (χ1n) is 13.9. The lowest BCUT2D eigenvalue weighted by molar-refractivity contribution is -0.189. The molecule has 0 bridgehead atoms. The predicted molar refractivity (Wildman–Crippen MR) is 137 cm³/mol. The molecule has 5 aliphatic rings. The van der Waals surface area contributed by atoms with E-state index in [-0.39, 0.29) is 33.4 Å². The van der Waals surface area contributed by atoms with E-state index in [0.29, 0.717) is 18.3 Å². The van der Waals surface area contributed by atoms with E-state index < -0.39 is 22.8 Å². The van der Waals surface area contributed by atoms with Gasteiger partial charge in [-0.05, 0) is 90.8 Å². The molecular weight excluding hydrogens is 434 g/mol. The molecule has 0 heterocycles. The van der Waals surface area contributed by atoms with Gasteiger partial charge in [-0.25, -0.2) is 6.57 Å². The highest BCUT2D eigenvalue weighted by atomic mass is 16.4. The third kappa shape index (κ3) is 2.96. The minimum absolute atomic E-state index is 0.0276. The van der Waals surface area contributed by atoms with Crippen LogP contribution in [0, 0.1) is 56.8 Å². The van der Waals surface area contributed by atoms with Crippen molar-refractivity contribution in [1.29, 1.82) is 0 Å². The number of allylic oxidation sites excluding steroid dienone is 2. The Morgan fingerprint density at radius 1 is 0.971 bits per heavy atom. The number of carboxylic acid groups (broad SMARTS) is 1. The zero-order chi connectivity index (χ0) is 25.8. The molecule has 35 heavy (non-hydrogen) atoms. The lowest BCUT2D eigenvalue weighted by Gasteiger charge is -2.70. The molecule has 0 aromatic rings. The van der Waals surface area contributed by atoms with Crippen molar-refractivity contribution in [3.05, 3.63) is 23.1 Å². The summed E-state index contributed by atoms with van der Waals surface area (Å²) in [5.41, 5.74) is 0.496. The Hall–Kier alpha value is -1.63. The van der Waals surface area contributed by atoms with Gasteiger partial charge in [0.2, 0.25) is 5.78 Å². The highest BCUT2D eigenvalue weighted by Crippen LogP contribution is 2.75. The number of nitrogens with zero attached hydrogens (tertiary/aromatic N) is 1. The van der Waals surface area contributed by atoms with Crippen LogP contribution in [0.3, 0.4) is 0 Å². The number of carboxylic acids is 1. The Morgan fingerprint density at radius 3 is 2.26 bits per heavy atom. The second-order valence-corrected chi connectivity index (χ2v) is 15.1. The quantitative estimate of drug-likeness (QED) is 0.316. The summed E-state index contributed by atoms with van der Waals surface area (Å²) < 4.78 is 0. The van der Waals surface area contributed by atoms with Crippen LogP contribution < -0.4 is 0 Å². The van der Waals surface area contributed by atoms with E-state index in [9.17, 15) is 14.7 Å². The van der Waals surface area contributed by atoms with Gasteiger partial charge in [-0.3, -0.25) is 9.59 Å². The monoisotopic (exact) mass is 479 g/mol. The van der Waals surface area contributed by atoms with Gasteiger partial charge in [0, 0.05) is 11.8 Å². The molecule has 1 N–H and O–H groups in total.